The van der Waals surface area contributed by atoms with Gasteiger partial charge in [-0.25, -0.2) is 9.97 Å². The van der Waals surface area contributed by atoms with Crippen molar-refractivity contribution in [3.8, 4) is 39.7 Å². The molecule has 69 heavy (non-hydrogen) atoms. The average molecular weight is 878 g/mol. The van der Waals surface area contributed by atoms with Gasteiger partial charge in [0.15, 0.2) is 5.82 Å². The summed E-state index contributed by atoms with van der Waals surface area (Å²) in [7, 11) is 0. The Labute approximate surface area is 396 Å². The standard InChI is InChI=1S/C64H39N5/c1-2-18-43(19-3-1)67-57-29-13-9-24-50(57)61-51(25-15-31-59(61)67)62-49-23-6-10-26-54(49)65-64(66-62)41-32-35-44(36-33-41)68-55-27-11-8-22-47(55)53-38-42-17-14-30-58(52(42)39-60(53)68)69-56-28-12-7-21-46(56)48-37-34-40-16-4-5-20-45(40)63(48)69/h1-39H. The van der Waals surface area contributed by atoms with Gasteiger partial charge in [-0.1, -0.05) is 152 Å². The highest BCUT2D eigenvalue weighted by Crippen LogP contribution is 2.43. The largest absolute Gasteiger partial charge is 0.309 e. The van der Waals surface area contributed by atoms with E-state index in [4.69, 9.17) is 9.97 Å². The minimum Gasteiger partial charge on any atom is -0.309 e. The highest BCUT2D eigenvalue weighted by Gasteiger charge is 2.22. The smallest absolute Gasteiger partial charge is 0.160 e. The highest BCUT2D eigenvalue weighted by molar-refractivity contribution is 6.21. The van der Waals surface area contributed by atoms with E-state index in [1.807, 2.05) is 0 Å². The van der Waals surface area contributed by atoms with E-state index in [1.165, 1.54) is 64.9 Å². The number of hydrogen-bond acceptors (Lipinski definition) is 2. The van der Waals surface area contributed by atoms with E-state index in [0.717, 1.165) is 66.9 Å². The van der Waals surface area contributed by atoms with Crippen LogP contribution in [0.3, 0.4) is 0 Å². The van der Waals surface area contributed by atoms with Crippen LogP contribution in [0.25, 0.3) is 138 Å². The van der Waals surface area contributed by atoms with Crippen molar-refractivity contribution in [2.24, 2.45) is 0 Å². The maximum Gasteiger partial charge on any atom is 0.160 e. The first-order chi connectivity index (χ1) is 34.2. The number of para-hydroxylation sites is 5. The van der Waals surface area contributed by atoms with Crippen LogP contribution >= 0.6 is 0 Å². The minimum absolute atomic E-state index is 0.690. The van der Waals surface area contributed by atoms with Crippen LogP contribution in [-0.4, -0.2) is 23.7 Å². The van der Waals surface area contributed by atoms with E-state index in [2.05, 4.69) is 250 Å². The molecule has 0 spiro atoms. The molecule has 4 heterocycles. The van der Waals surface area contributed by atoms with Gasteiger partial charge in [0, 0.05) is 71.0 Å². The fourth-order valence-corrected chi connectivity index (χ4v) is 11.4. The summed E-state index contributed by atoms with van der Waals surface area (Å²) in [6.45, 7) is 0. The summed E-state index contributed by atoms with van der Waals surface area (Å²) < 4.78 is 7.27. The summed E-state index contributed by atoms with van der Waals surface area (Å²) in [6.07, 6.45) is 0. The molecule has 11 aromatic carbocycles. The molecule has 320 valence electrons. The third kappa shape index (κ3) is 5.53. The second-order valence-electron chi connectivity index (χ2n) is 18.1. The minimum atomic E-state index is 0.690. The van der Waals surface area contributed by atoms with Gasteiger partial charge in [-0.3, -0.25) is 0 Å². The van der Waals surface area contributed by atoms with Gasteiger partial charge in [0.1, 0.15) is 0 Å². The first-order valence-corrected chi connectivity index (χ1v) is 23.6. The van der Waals surface area contributed by atoms with Gasteiger partial charge in [-0.15, -0.1) is 0 Å². The second kappa shape index (κ2) is 14.6. The Morgan fingerprint density at radius 3 is 1.71 bits per heavy atom. The van der Waals surface area contributed by atoms with Gasteiger partial charge in [-0.2, -0.15) is 0 Å². The van der Waals surface area contributed by atoms with Crippen LogP contribution in [0, 0.1) is 0 Å². The van der Waals surface area contributed by atoms with Crippen molar-refractivity contribution in [1.29, 1.82) is 0 Å². The van der Waals surface area contributed by atoms with Crippen molar-refractivity contribution in [3.05, 3.63) is 237 Å². The first kappa shape index (κ1) is 37.9. The molecule has 0 unspecified atom stereocenters. The zero-order chi connectivity index (χ0) is 45.2. The van der Waals surface area contributed by atoms with E-state index in [-0.39, 0.29) is 0 Å². The second-order valence-corrected chi connectivity index (χ2v) is 18.1. The monoisotopic (exact) mass is 877 g/mol. The molecule has 0 aliphatic rings. The Balaban J connectivity index is 0.914. The quantitative estimate of drug-likeness (QED) is 0.173. The zero-order valence-corrected chi connectivity index (χ0v) is 37.3. The van der Waals surface area contributed by atoms with E-state index >= 15 is 0 Å². The van der Waals surface area contributed by atoms with Gasteiger partial charge < -0.3 is 13.7 Å². The molecular formula is C64H39N5. The lowest BCUT2D eigenvalue weighted by molar-refractivity contribution is 1.17. The van der Waals surface area contributed by atoms with Crippen molar-refractivity contribution >= 4 is 97.9 Å². The summed E-state index contributed by atoms with van der Waals surface area (Å²) in [5.41, 5.74) is 14.3. The van der Waals surface area contributed by atoms with Crippen molar-refractivity contribution in [2.45, 2.75) is 0 Å². The fourth-order valence-electron chi connectivity index (χ4n) is 11.4. The molecule has 4 aromatic heterocycles. The van der Waals surface area contributed by atoms with Gasteiger partial charge in [0.25, 0.3) is 0 Å². The first-order valence-electron chi connectivity index (χ1n) is 23.6. The van der Waals surface area contributed by atoms with E-state index in [1.54, 1.807) is 0 Å². The number of aromatic nitrogens is 5. The normalized spacial score (nSPS) is 12.1. The molecule has 0 N–H and O–H groups in total. The average Bonchev–Trinajstić information content (AvgIpc) is 4.06. The third-order valence-electron chi connectivity index (χ3n) is 14.4. The predicted molar refractivity (Wildman–Crippen MR) is 288 cm³/mol. The lowest BCUT2D eigenvalue weighted by Gasteiger charge is -2.14. The molecule has 0 atom stereocenters. The molecule has 5 heteroatoms. The molecule has 15 aromatic rings. The summed E-state index contributed by atoms with van der Waals surface area (Å²) in [6, 6.07) is 85.5. The molecule has 0 aliphatic carbocycles. The van der Waals surface area contributed by atoms with Crippen LogP contribution in [0.5, 0.6) is 0 Å². The Morgan fingerprint density at radius 2 is 0.899 bits per heavy atom. The van der Waals surface area contributed by atoms with Crippen LogP contribution in [0.15, 0.2) is 237 Å². The Bertz CT molecular complexity index is 4590. The van der Waals surface area contributed by atoms with Crippen molar-refractivity contribution in [2.75, 3.05) is 0 Å². The molecule has 0 bridgehead atoms. The number of rotatable bonds is 5. The summed E-state index contributed by atoms with van der Waals surface area (Å²) in [5, 5.41) is 13.2. The van der Waals surface area contributed by atoms with Crippen molar-refractivity contribution < 1.29 is 0 Å². The Morgan fingerprint density at radius 1 is 0.304 bits per heavy atom. The molecular weight excluding hydrogens is 839 g/mol. The van der Waals surface area contributed by atoms with Crippen molar-refractivity contribution in [3.63, 3.8) is 0 Å². The van der Waals surface area contributed by atoms with Crippen LogP contribution in [0.1, 0.15) is 0 Å². The summed E-state index contributed by atoms with van der Waals surface area (Å²) >= 11 is 0. The molecule has 0 aliphatic heterocycles. The number of nitrogens with zero attached hydrogens (tertiary/aromatic N) is 5. The number of benzene rings is 11. The van der Waals surface area contributed by atoms with Gasteiger partial charge in [-0.05, 0) is 95.7 Å². The third-order valence-corrected chi connectivity index (χ3v) is 14.4. The summed E-state index contributed by atoms with van der Waals surface area (Å²) in [4.78, 5) is 10.7. The topological polar surface area (TPSA) is 40.6 Å². The van der Waals surface area contributed by atoms with Crippen molar-refractivity contribution in [1.82, 2.24) is 23.7 Å². The molecule has 0 radical (unpaired) electrons. The SMILES string of the molecule is c1ccc(-n2c3ccccc3c3c(-c4nc(-c5ccc(-n6c7ccccc7c7cc8cccc(-n9c%10ccccc%10c%10ccc%11ccccc%11c%109)c8cc76)cc5)nc5ccccc45)cccc32)cc1. The van der Waals surface area contributed by atoms with Gasteiger partial charge in [0.05, 0.1) is 50.0 Å². The van der Waals surface area contributed by atoms with Gasteiger partial charge >= 0.3 is 0 Å². The lowest BCUT2D eigenvalue weighted by Crippen LogP contribution is -1.98. The molecule has 0 saturated heterocycles. The van der Waals surface area contributed by atoms with Crippen LogP contribution < -0.4 is 0 Å². The molecule has 0 fully saturated rings. The zero-order valence-electron chi connectivity index (χ0n) is 37.3. The van der Waals surface area contributed by atoms with Gasteiger partial charge in [0.2, 0.25) is 0 Å². The van der Waals surface area contributed by atoms with Crippen LogP contribution in [0.4, 0.5) is 0 Å². The number of fused-ring (bicyclic) bond motifs is 13. The van der Waals surface area contributed by atoms with E-state index in [9.17, 15) is 0 Å². The maximum atomic E-state index is 5.47. The number of hydrogen-bond donors (Lipinski definition) is 0. The highest BCUT2D eigenvalue weighted by atomic mass is 15.0. The van der Waals surface area contributed by atoms with Crippen LogP contribution in [0.2, 0.25) is 0 Å². The predicted octanol–water partition coefficient (Wildman–Crippen LogP) is 16.6. The van der Waals surface area contributed by atoms with E-state index in [0.29, 0.717) is 5.82 Å². The maximum absolute atomic E-state index is 5.47. The molecule has 15 rings (SSSR count). The van der Waals surface area contributed by atoms with Crippen LogP contribution in [-0.2, 0) is 0 Å². The van der Waals surface area contributed by atoms with E-state index < -0.39 is 0 Å². The Kier molecular flexibility index (Phi) is 8.00. The fraction of sp³-hybridized carbons (Fsp3) is 0. The molecule has 5 nitrogen and oxygen atoms in total. The summed E-state index contributed by atoms with van der Waals surface area (Å²) in [5.74, 6) is 0.690. The molecule has 0 amide bonds. The lowest BCUT2D eigenvalue weighted by atomic mass is 10.00. The molecule has 0 saturated carbocycles. The Hall–Kier alpha value is -9.32.